The van der Waals surface area contributed by atoms with Crippen LogP contribution in [0.25, 0.3) is 5.69 Å². The van der Waals surface area contributed by atoms with E-state index in [1.54, 1.807) is 41.3 Å². The molecular weight excluding hydrogens is 516 g/mol. The van der Waals surface area contributed by atoms with Crippen LogP contribution in [0.2, 0.25) is 0 Å². The molecular formula is C32H38N6O3. The molecule has 2 amide bonds. The van der Waals surface area contributed by atoms with Crippen LogP contribution in [0, 0.1) is 5.92 Å². The van der Waals surface area contributed by atoms with Crippen LogP contribution < -0.4 is 25.4 Å². The standard InChI is InChI=1S/C32H38N6O3/c1-32(2,3)29-21-30(36-31(39)35-24-6-10-27(11-7-24)41-28-5-4-17-34-22-28)38(37-29)25-8-12-26(13-9-25)40-20-16-23-14-18-33-19-15-23/h4-13,17,21-23,33H,14-16,18-20H2,1-3H3,(H2,35,36,39). The van der Waals surface area contributed by atoms with Crippen molar-refractivity contribution in [3.8, 4) is 22.9 Å². The molecule has 2 aromatic carbocycles. The first-order valence-corrected chi connectivity index (χ1v) is 14.1. The summed E-state index contributed by atoms with van der Waals surface area (Å²) >= 11 is 0. The fraction of sp³-hybridized carbons (Fsp3) is 0.344. The zero-order valence-electron chi connectivity index (χ0n) is 23.9. The van der Waals surface area contributed by atoms with E-state index in [4.69, 9.17) is 14.6 Å². The summed E-state index contributed by atoms with van der Waals surface area (Å²) in [4.78, 5) is 17.0. The maximum absolute atomic E-state index is 13.0. The average molecular weight is 555 g/mol. The van der Waals surface area contributed by atoms with E-state index in [0.717, 1.165) is 42.6 Å². The molecule has 41 heavy (non-hydrogen) atoms. The number of anilines is 2. The van der Waals surface area contributed by atoms with Gasteiger partial charge in [-0.2, -0.15) is 5.10 Å². The van der Waals surface area contributed by atoms with Crippen LogP contribution in [-0.2, 0) is 5.41 Å². The molecule has 1 aliphatic rings. The Kier molecular flexibility index (Phi) is 8.84. The SMILES string of the molecule is CC(C)(C)c1cc(NC(=O)Nc2ccc(Oc3cccnc3)cc2)n(-c2ccc(OCCC3CCNCC3)cc2)n1. The van der Waals surface area contributed by atoms with E-state index in [9.17, 15) is 4.79 Å². The number of carbonyl (C=O) groups excluding carboxylic acids is 1. The number of rotatable bonds is 9. The Morgan fingerprint density at radius 3 is 2.39 bits per heavy atom. The van der Waals surface area contributed by atoms with E-state index in [0.29, 0.717) is 29.6 Å². The largest absolute Gasteiger partial charge is 0.494 e. The van der Waals surface area contributed by atoms with E-state index in [2.05, 4.69) is 41.7 Å². The summed E-state index contributed by atoms with van der Waals surface area (Å²) in [6.45, 7) is 9.20. The van der Waals surface area contributed by atoms with E-state index in [1.165, 1.54) is 12.8 Å². The number of nitrogens with one attached hydrogen (secondary N) is 3. The molecule has 0 radical (unpaired) electrons. The third kappa shape index (κ3) is 7.85. The predicted molar refractivity (Wildman–Crippen MR) is 161 cm³/mol. The van der Waals surface area contributed by atoms with E-state index in [1.807, 2.05) is 42.5 Å². The highest BCUT2D eigenvalue weighted by Gasteiger charge is 2.22. The van der Waals surface area contributed by atoms with Crippen LogP contribution >= 0.6 is 0 Å². The van der Waals surface area contributed by atoms with E-state index in [-0.39, 0.29) is 11.4 Å². The molecule has 0 unspecified atom stereocenters. The Morgan fingerprint density at radius 2 is 1.71 bits per heavy atom. The lowest BCUT2D eigenvalue weighted by atomic mass is 9.92. The van der Waals surface area contributed by atoms with Crippen molar-refractivity contribution in [3.63, 3.8) is 0 Å². The third-order valence-corrected chi connectivity index (χ3v) is 7.04. The maximum atomic E-state index is 13.0. The van der Waals surface area contributed by atoms with Gasteiger partial charge in [-0.3, -0.25) is 10.3 Å². The summed E-state index contributed by atoms with van der Waals surface area (Å²) in [5, 5.41) is 14.1. The number of amides is 2. The van der Waals surface area contributed by atoms with Crippen LogP contribution in [0.4, 0.5) is 16.3 Å². The number of nitrogens with zero attached hydrogens (tertiary/aromatic N) is 3. The third-order valence-electron chi connectivity index (χ3n) is 7.04. The first kappa shape index (κ1) is 28.2. The fourth-order valence-corrected chi connectivity index (χ4v) is 4.66. The summed E-state index contributed by atoms with van der Waals surface area (Å²) in [6, 6.07) is 20.2. The van der Waals surface area contributed by atoms with Crippen molar-refractivity contribution in [2.45, 2.75) is 45.4 Å². The monoisotopic (exact) mass is 554 g/mol. The second-order valence-corrected chi connectivity index (χ2v) is 11.3. The van der Waals surface area contributed by atoms with Crippen molar-refractivity contribution in [2.24, 2.45) is 5.92 Å². The number of hydrogen-bond acceptors (Lipinski definition) is 6. The Bertz CT molecular complexity index is 1410. The van der Waals surface area contributed by atoms with Gasteiger partial charge in [0.15, 0.2) is 0 Å². The van der Waals surface area contributed by atoms with Crippen LogP contribution in [0.3, 0.4) is 0 Å². The number of hydrogen-bond donors (Lipinski definition) is 3. The molecule has 0 spiro atoms. The summed E-state index contributed by atoms with van der Waals surface area (Å²) in [5.41, 5.74) is 2.14. The van der Waals surface area contributed by atoms with Gasteiger partial charge in [0.05, 0.1) is 24.2 Å². The summed E-state index contributed by atoms with van der Waals surface area (Å²) in [7, 11) is 0. The first-order chi connectivity index (χ1) is 19.8. The van der Waals surface area contributed by atoms with Gasteiger partial charge in [0.1, 0.15) is 23.1 Å². The second kappa shape index (κ2) is 12.9. The normalized spacial score (nSPS) is 13.9. The molecule has 4 aromatic rings. The molecule has 1 fully saturated rings. The fourth-order valence-electron chi connectivity index (χ4n) is 4.66. The number of carbonyl (C=O) groups is 1. The van der Waals surface area contributed by atoms with E-state index < -0.39 is 0 Å². The highest BCUT2D eigenvalue weighted by Crippen LogP contribution is 2.28. The minimum atomic E-state index is -0.370. The lowest BCUT2D eigenvalue weighted by Crippen LogP contribution is -2.28. The molecule has 2 aromatic heterocycles. The lowest BCUT2D eigenvalue weighted by Gasteiger charge is -2.22. The molecule has 0 saturated carbocycles. The second-order valence-electron chi connectivity index (χ2n) is 11.3. The molecule has 5 rings (SSSR count). The number of ether oxygens (including phenoxy) is 2. The molecule has 3 N–H and O–H groups in total. The lowest BCUT2D eigenvalue weighted by molar-refractivity contribution is 0.252. The molecule has 1 saturated heterocycles. The Balaban J connectivity index is 1.23. The topological polar surface area (TPSA) is 102 Å². The molecule has 1 aliphatic heterocycles. The summed E-state index contributed by atoms with van der Waals surface area (Å²) in [6.07, 6.45) is 6.84. The highest BCUT2D eigenvalue weighted by atomic mass is 16.5. The maximum Gasteiger partial charge on any atom is 0.324 e. The van der Waals surface area contributed by atoms with Gasteiger partial charge in [-0.1, -0.05) is 20.8 Å². The quantitative estimate of drug-likeness (QED) is 0.211. The number of urea groups is 1. The smallest absolute Gasteiger partial charge is 0.324 e. The molecule has 9 heteroatoms. The van der Waals surface area contributed by atoms with Crippen molar-refractivity contribution in [1.82, 2.24) is 20.1 Å². The van der Waals surface area contributed by atoms with Crippen LogP contribution in [0.1, 0.15) is 45.7 Å². The number of benzene rings is 2. The number of pyridine rings is 1. The summed E-state index contributed by atoms with van der Waals surface area (Å²) in [5.74, 6) is 3.42. The zero-order valence-corrected chi connectivity index (χ0v) is 23.9. The van der Waals surface area contributed by atoms with Gasteiger partial charge in [0, 0.05) is 23.4 Å². The highest BCUT2D eigenvalue weighted by molar-refractivity contribution is 5.99. The van der Waals surface area contributed by atoms with Gasteiger partial charge in [-0.05, 0) is 98.9 Å². The first-order valence-electron chi connectivity index (χ1n) is 14.1. The molecule has 9 nitrogen and oxygen atoms in total. The molecule has 0 bridgehead atoms. The number of aromatic nitrogens is 3. The molecule has 3 heterocycles. The van der Waals surface area contributed by atoms with Gasteiger partial charge >= 0.3 is 6.03 Å². The van der Waals surface area contributed by atoms with Crippen LogP contribution in [0.15, 0.2) is 79.1 Å². The number of piperidine rings is 1. The van der Waals surface area contributed by atoms with Gasteiger partial charge in [-0.15, -0.1) is 0 Å². The Labute approximate surface area is 241 Å². The van der Waals surface area contributed by atoms with E-state index >= 15 is 0 Å². The van der Waals surface area contributed by atoms with Crippen molar-refractivity contribution < 1.29 is 14.3 Å². The van der Waals surface area contributed by atoms with Crippen LogP contribution in [0.5, 0.6) is 17.2 Å². The van der Waals surface area contributed by atoms with Crippen molar-refractivity contribution in [2.75, 3.05) is 30.3 Å². The Morgan fingerprint density at radius 1 is 0.976 bits per heavy atom. The van der Waals surface area contributed by atoms with Gasteiger partial charge < -0.3 is 20.1 Å². The minimum Gasteiger partial charge on any atom is -0.494 e. The van der Waals surface area contributed by atoms with Crippen LogP contribution in [-0.4, -0.2) is 40.5 Å². The molecule has 0 atom stereocenters. The van der Waals surface area contributed by atoms with Crippen molar-refractivity contribution in [3.05, 3.63) is 84.8 Å². The minimum absolute atomic E-state index is 0.194. The summed E-state index contributed by atoms with van der Waals surface area (Å²) < 4.78 is 13.6. The molecule has 0 aliphatic carbocycles. The van der Waals surface area contributed by atoms with Crippen molar-refractivity contribution in [1.29, 1.82) is 0 Å². The molecule has 214 valence electrons. The predicted octanol–water partition coefficient (Wildman–Crippen LogP) is 6.77. The van der Waals surface area contributed by atoms with Gasteiger partial charge in [-0.25, -0.2) is 9.48 Å². The van der Waals surface area contributed by atoms with Gasteiger partial charge in [0.25, 0.3) is 0 Å². The Hall–Kier alpha value is -4.37. The average Bonchev–Trinajstić information content (AvgIpc) is 3.40. The van der Waals surface area contributed by atoms with Gasteiger partial charge in [0.2, 0.25) is 0 Å². The van der Waals surface area contributed by atoms with Crippen molar-refractivity contribution >= 4 is 17.5 Å². The zero-order chi connectivity index (χ0) is 28.7.